The molecule has 28 heavy (non-hydrogen) atoms. The number of carbonyl (C=O) groups excluding carboxylic acids is 1. The number of halogens is 1. The van der Waals surface area contributed by atoms with Gasteiger partial charge in [0.1, 0.15) is 17.5 Å². The zero-order chi connectivity index (χ0) is 20.7. The normalized spacial score (nSPS) is 21.1. The summed E-state index contributed by atoms with van der Waals surface area (Å²) in [7, 11) is 3.04. The number of nitriles is 1. The van der Waals surface area contributed by atoms with Gasteiger partial charge in [0.25, 0.3) is 5.56 Å². The van der Waals surface area contributed by atoms with Gasteiger partial charge >= 0.3 is 0 Å². The topological polar surface area (TPSA) is 85.0 Å². The number of rotatable bonds is 3. The number of nitrogens with zero attached hydrogens (tertiary/aromatic N) is 3. The second kappa shape index (κ2) is 6.80. The lowest BCUT2D eigenvalue weighted by Gasteiger charge is -2.40. The van der Waals surface area contributed by atoms with E-state index in [2.05, 4.69) is 4.98 Å². The van der Waals surface area contributed by atoms with Crippen LogP contribution in [0, 0.1) is 22.6 Å². The van der Waals surface area contributed by atoms with E-state index in [9.17, 15) is 19.2 Å². The number of hydrogen-bond donors (Lipinski definition) is 0. The molecule has 1 aliphatic rings. The molecule has 0 aromatic carbocycles. The first-order valence-electron chi connectivity index (χ1n) is 8.70. The van der Waals surface area contributed by atoms with Crippen molar-refractivity contribution >= 4 is 5.78 Å². The molecule has 2 heterocycles. The first kappa shape index (κ1) is 19.6. The monoisotopic (exact) mass is 381 g/mol. The Bertz CT molecular complexity index is 1090. The zero-order valence-corrected chi connectivity index (χ0v) is 16.1. The molecule has 0 amide bonds. The molecule has 1 unspecified atom stereocenters. The average molecular weight is 381 g/mol. The van der Waals surface area contributed by atoms with E-state index in [-0.39, 0.29) is 40.2 Å². The smallest absolute Gasteiger partial charge is 0.258 e. The van der Waals surface area contributed by atoms with Crippen LogP contribution >= 0.6 is 0 Å². The molecule has 2 aromatic heterocycles. The second-order valence-electron chi connectivity index (χ2n) is 7.54. The Morgan fingerprint density at radius 3 is 2.68 bits per heavy atom. The van der Waals surface area contributed by atoms with E-state index in [0.29, 0.717) is 0 Å². The summed E-state index contributed by atoms with van der Waals surface area (Å²) in [6.45, 7) is 3.44. The number of aromatic nitrogens is 2. The van der Waals surface area contributed by atoms with E-state index >= 15 is 0 Å². The average Bonchev–Trinajstić information content (AvgIpc) is 2.66. The Hall–Kier alpha value is -3.11. The van der Waals surface area contributed by atoms with Crippen LogP contribution in [-0.4, -0.2) is 22.4 Å². The molecular weight excluding hydrogens is 361 g/mol. The number of allylic oxidation sites excluding steroid dienone is 1. The molecule has 7 heteroatoms. The van der Waals surface area contributed by atoms with E-state index in [1.54, 1.807) is 39.2 Å². The first-order chi connectivity index (χ1) is 13.1. The molecule has 0 radical (unpaired) electrons. The van der Waals surface area contributed by atoms with Gasteiger partial charge in [-0.15, -0.1) is 0 Å². The molecule has 1 aliphatic carbocycles. The van der Waals surface area contributed by atoms with Crippen LogP contribution in [-0.2, 0) is 22.2 Å². The summed E-state index contributed by atoms with van der Waals surface area (Å²) in [6.07, 6.45) is 4.26. The van der Waals surface area contributed by atoms with Crippen LogP contribution in [0.1, 0.15) is 26.0 Å². The third-order valence-corrected chi connectivity index (χ3v) is 5.09. The summed E-state index contributed by atoms with van der Waals surface area (Å²) in [6, 6.07) is 6.41. The van der Waals surface area contributed by atoms with Crippen molar-refractivity contribution in [1.82, 2.24) is 9.55 Å². The second-order valence-corrected chi connectivity index (χ2v) is 7.54. The highest BCUT2D eigenvalue weighted by molar-refractivity contribution is 6.04. The van der Waals surface area contributed by atoms with Crippen molar-refractivity contribution < 1.29 is 13.9 Å². The fourth-order valence-electron chi connectivity index (χ4n) is 3.70. The predicted molar refractivity (Wildman–Crippen MR) is 101 cm³/mol. The van der Waals surface area contributed by atoms with Crippen molar-refractivity contribution in [1.29, 1.82) is 5.26 Å². The van der Waals surface area contributed by atoms with Gasteiger partial charge in [-0.3, -0.25) is 14.6 Å². The number of hydrogen-bond acceptors (Lipinski definition) is 5. The standard InChI is InChI=1S/C21H20FN3O3/c1-20(2)12-21(28-4,9-13(10-23)18(20)26)17-16(8-14(22)11-24-17)15-6-5-7-25(3)19(15)27/h5-9,11H,12H2,1-4H3. The number of ketones is 1. The van der Waals surface area contributed by atoms with Crippen molar-refractivity contribution in [3.63, 3.8) is 0 Å². The summed E-state index contributed by atoms with van der Waals surface area (Å²) in [5.74, 6) is -0.895. The van der Waals surface area contributed by atoms with Gasteiger partial charge in [0.15, 0.2) is 5.78 Å². The lowest BCUT2D eigenvalue weighted by atomic mass is 9.68. The van der Waals surface area contributed by atoms with Gasteiger partial charge in [-0.2, -0.15) is 5.26 Å². The molecule has 0 bridgehead atoms. The molecule has 144 valence electrons. The molecule has 0 N–H and O–H groups in total. The molecule has 2 aromatic rings. The number of pyridine rings is 2. The number of carbonyl (C=O) groups is 1. The van der Waals surface area contributed by atoms with Crippen molar-refractivity contribution in [3.05, 3.63) is 64.1 Å². The first-order valence-corrected chi connectivity index (χ1v) is 8.70. The quantitative estimate of drug-likeness (QED) is 0.816. The van der Waals surface area contributed by atoms with Crippen LogP contribution in [0.15, 0.2) is 47.0 Å². The Balaban J connectivity index is 2.36. The number of methoxy groups -OCH3 is 1. The minimum atomic E-state index is -1.26. The largest absolute Gasteiger partial charge is 0.368 e. The maximum atomic E-state index is 14.1. The fraction of sp³-hybridized carbons (Fsp3) is 0.333. The molecule has 0 fully saturated rings. The van der Waals surface area contributed by atoms with Gasteiger partial charge < -0.3 is 9.30 Å². The Labute approximate surface area is 161 Å². The minimum absolute atomic E-state index is 0.0452. The molecule has 0 aliphatic heterocycles. The number of aryl methyl sites for hydroxylation is 1. The molecule has 6 nitrogen and oxygen atoms in total. The van der Waals surface area contributed by atoms with Crippen LogP contribution < -0.4 is 5.56 Å². The minimum Gasteiger partial charge on any atom is -0.368 e. The summed E-state index contributed by atoms with van der Waals surface area (Å²) in [4.78, 5) is 29.4. The van der Waals surface area contributed by atoms with Crippen LogP contribution in [0.4, 0.5) is 4.39 Å². The lowest BCUT2D eigenvalue weighted by molar-refractivity contribution is -0.128. The highest BCUT2D eigenvalue weighted by atomic mass is 19.1. The van der Waals surface area contributed by atoms with Crippen LogP contribution in [0.5, 0.6) is 0 Å². The van der Waals surface area contributed by atoms with Crippen molar-refractivity contribution in [2.75, 3.05) is 7.11 Å². The molecule has 0 saturated carbocycles. The number of ether oxygens (including phenoxy) is 1. The third kappa shape index (κ3) is 3.06. The fourth-order valence-corrected chi connectivity index (χ4v) is 3.70. The van der Waals surface area contributed by atoms with Gasteiger partial charge in [0, 0.05) is 36.9 Å². The van der Waals surface area contributed by atoms with Gasteiger partial charge in [-0.1, -0.05) is 13.8 Å². The maximum absolute atomic E-state index is 14.1. The summed E-state index contributed by atoms with van der Waals surface area (Å²) < 4.78 is 21.2. The Morgan fingerprint density at radius 1 is 1.32 bits per heavy atom. The van der Waals surface area contributed by atoms with Gasteiger partial charge in [-0.05, 0) is 30.7 Å². The maximum Gasteiger partial charge on any atom is 0.258 e. The predicted octanol–water partition coefficient (Wildman–Crippen LogP) is 2.88. The van der Waals surface area contributed by atoms with Gasteiger partial charge in [-0.25, -0.2) is 4.39 Å². The van der Waals surface area contributed by atoms with Crippen LogP contribution in [0.25, 0.3) is 11.1 Å². The lowest BCUT2D eigenvalue weighted by Crippen LogP contribution is -2.43. The molecular formula is C21H20FN3O3. The van der Waals surface area contributed by atoms with E-state index in [4.69, 9.17) is 4.74 Å². The van der Waals surface area contributed by atoms with E-state index in [1.165, 1.54) is 23.8 Å². The molecule has 3 rings (SSSR count). The zero-order valence-electron chi connectivity index (χ0n) is 16.1. The highest BCUT2D eigenvalue weighted by Gasteiger charge is 2.48. The van der Waals surface area contributed by atoms with Crippen molar-refractivity contribution in [3.8, 4) is 17.2 Å². The van der Waals surface area contributed by atoms with Crippen LogP contribution in [0.2, 0.25) is 0 Å². The van der Waals surface area contributed by atoms with E-state index < -0.39 is 16.8 Å². The van der Waals surface area contributed by atoms with E-state index in [1.807, 2.05) is 6.07 Å². The molecule has 0 saturated heterocycles. The highest BCUT2D eigenvalue weighted by Crippen LogP contribution is 2.46. The number of Topliss-reactive ketones (excluding diaryl/α,β-unsaturated/α-hetero) is 1. The van der Waals surface area contributed by atoms with Crippen LogP contribution in [0.3, 0.4) is 0 Å². The van der Waals surface area contributed by atoms with E-state index in [0.717, 1.165) is 6.20 Å². The molecule has 0 spiro atoms. The Morgan fingerprint density at radius 2 is 2.04 bits per heavy atom. The van der Waals surface area contributed by atoms with Gasteiger partial charge in [0.2, 0.25) is 0 Å². The third-order valence-electron chi connectivity index (χ3n) is 5.09. The van der Waals surface area contributed by atoms with Gasteiger partial charge in [0.05, 0.1) is 17.5 Å². The summed E-state index contributed by atoms with van der Waals surface area (Å²) >= 11 is 0. The SMILES string of the molecule is COC1(c2ncc(F)cc2-c2cccn(C)c2=O)C=C(C#N)C(=O)C(C)(C)C1. The summed E-state index contributed by atoms with van der Waals surface area (Å²) in [5, 5.41) is 9.45. The van der Waals surface area contributed by atoms with Crippen molar-refractivity contribution in [2.45, 2.75) is 25.9 Å². The molecule has 1 atom stereocenters. The summed E-state index contributed by atoms with van der Waals surface area (Å²) in [5.41, 5.74) is -1.72. The van der Waals surface area contributed by atoms with Crippen molar-refractivity contribution in [2.24, 2.45) is 12.5 Å². The Kier molecular flexibility index (Phi) is 4.77.